The minimum Gasteiger partial charge on any atom is -0.379 e. The Morgan fingerprint density at radius 3 is 1.62 bits per heavy atom. The molecule has 8 nitrogen and oxygen atoms in total. The number of nitrogens with one attached hydrogen (secondary N) is 2. The maximum absolute atomic E-state index is 12.4. The first-order chi connectivity index (χ1) is 13.7. The van der Waals surface area contributed by atoms with Crippen molar-refractivity contribution >= 4 is 24.2 Å². The van der Waals surface area contributed by atoms with E-state index >= 15 is 0 Å². The molecule has 29 heavy (non-hydrogen) atoms. The van der Waals surface area contributed by atoms with E-state index in [1.54, 1.807) is 24.3 Å². The molecule has 2 aliphatic rings. The summed E-state index contributed by atoms with van der Waals surface area (Å²) in [5.74, 6) is -0.313. The first-order valence-electron chi connectivity index (χ1n) is 9.99. The third-order valence-electron chi connectivity index (χ3n) is 5.02. The molecule has 0 aromatic heterocycles. The number of rotatable bonds is 8. The van der Waals surface area contributed by atoms with E-state index in [2.05, 4.69) is 20.4 Å². The van der Waals surface area contributed by atoms with Gasteiger partial charge < -0.3 is 20.1 Å². The van der Waals surface area contributed by atoms with Crippen LogP contribution in [-0.4, -0.2) is 100 Å². The van der Waals surface area contributed by atoms with Crippen molar-refractivity contribution in [3.63, 3.8) is 0 Å². The lowest BCUT2D eigenvalue weighted by Crippen LogP contribution is -2.41. The van der Waals surface area contributed by atoms with Gasteiger partial charge in [0.1, 0.15) is 0 Å². The summed E-state index contributed by atoms with van der Waals surface area (Å²) in [5, 5.41) is 5.85. The first kappa shape index (κ1) is 23.6. The van der Waals surface area contributed by atoms with Crippen molar-refractivity contribution in [3.8, 4) is 0 Å². The fourth-order valence-corrected chi connectivity index (χ4v) is 3.31. The molecule has 2 aliphatic heterocycles. The maximum Gasteiger partial charge on any atom is 0.251 e. The van der Waals surface area contributed by atoms with Gasteiger partial charge in [-0.25, -0.2) is 0 Å². The van der Waals surface area contributed by atoms with Gasteiger partial charge in [-0.05, 0) is 18.2 Å². The van der Waals surface area contributed by atoms with E-state index in [9.17, 15) is 9.59 Å². The Balaban J connectivity index is 0.00000300. The molecule has 2 heterocycles. The number of carbonyl (C=O) groups excluding carboxylic acids is 2. The monoisotopic (exact) mass is 426 g/mol. The second kappa shape index (κ2) is 12.8. The summed E-state index contributed by atoms with van der Waals surface area (Å²) in [6, 6.07) is 6.85. The highest BCUT2D eigenvalue weighted by molar-refractivity contribution is 5.99. The van der Waals surface area contributed by atoms with Crippen LogP contribution in [0.2, 0.25) is 0 Å². The molecule has 0 spiro atoms. The Bertz CT molecular complexity index is 598. The average molecular weight is 427 g/mol. The summed E-state index contributed by atoms with van der Waals surface area (Å²) in [7, 11) is 0. The molecule has 0 aliphatic carbocycles. The van der Waals surface area contributed by atoms with Crippen molar-refractivity contribution in [2.45, 2.75) is 0 Å². The van der Waals surface area contributed by atoms with Crippen LogP contribution in [0.4, 0.5) is 0 Å². The molecule has 3 rings (SSSR count). The lowest BCUT2D eigenvalue weighted by molar-refractivity contribution is 0.0382. The Labute approximate surface area is 178 Å². The van der Waals surface area contributed by atoms with Crippen LogP contribution in [0.3, 0.4) is 0 Å². The number of hydrogen-bond donors (Lipinski definition) is 2. The summed E-state index contributed by atoms with van der Waals surface area (Å²) in [6.07, 6.45) is 0. The number of benzene rings is 1. The molecule has 0 saturated carbocycles. The van der Waals surface area contributed by atoms with E-state index in [1.165, 1.54) is 0 Å². The third kappa shape index (κ3) is 7.91. The molecule has 162 valence electrons. The second-order valence-corrected chi connectivity index (χ2v) is 7.00. The van der Waals surface area contributed by atoms with E-state index in [4.69, 9.17) is 9.47 Å². The predicted octanol–water partition coefficient (Wildman–Crippen LogP) is 0.232. The van der Waals surface area contributed by atoms with Gasteiger partial charge in [0.15, 0.2) is 0 Å². The van der Waals surface area contributed by atoms with Gasteiger partial charge >= 0.3 is 0 Å². The third-order valence-corrected chi connectivity index (χ3v) is 5.02. The van der Waals surface area contributed by atoms with Gasteiger partial charge in [-0.1, -0.05) is 6.07 Å². The molecular weight excluding hydrogens is 396 g/mol. The minimum atomic E-state index is -0.156. The van der Waals surface area contributed by atoms with Crippen molar-refractivity contribution in [1.82, 2.24) is 20.4 Å². The first-order valence-corrected chi connectivity index (χ1v) is 9.99. The van der Waals surface area contributed by atoms with Crippen LogP contribution in [0.15, 0.2) is 24.3 Å². The van der Waals surface area contributed by atoms with Crippen LogP contribution in [0.5, 0.6) is 0 Å². The number of halogens is 1. The maximum atomic E-state index is 12.4. The van der Waals surface area contributed by atoms with E-state index in [0.29, 0.717) is 24.2 Å². The molecule has 0 atom stereocenters. The Morgan fingerprint density at radius 1 is 0.793 bits per heavy atom. The fraction of sp³-hybridized carbons (Fsp3) is 0.600. The molecule has 0 bridgehead atoms. The van der Waals surface area contributed by atoms with Gasteiger partial charge in [-0.15, -0.1) is 12.4 Å². The van der Waals surface area contributed by atoms with Crippen LogP contribution in [-0.2, 0) is 9.47 Å². The Kier molecular flexibility index (Phi) is 10.4. The standard InChI is InChI=1S/C20H30N4O4.ClH/c25-19(21-4-6-23-8-12-27-13-9-23)17-2-1-3-18(16-17)20(26)22-5-7-24-10-14-28-15-11-24;/h1-3,16H,4-15H2,(H,21,25)(H,22,26);1H. The predicted molar refractivity (Wildman–Crippen MR) is 113 cm³/mol. The Hall–Kier alpha value is -1.71. The lowest BCUT2D eigenvalue weighted by Gasteiger charge is -2.26. The van der Waals surface area contributed by atoms with E-state index in [0.717, 1.165) is 65.7 Å². The van der Waals surface area contributed by atoms with Crippen LogP contribution < -0.4 is 10.6 Å². The van der Waals surface area contributed by atoms with Crippen LogP contribution >= 0.6 is 12.4 Å². The molecule has 2 N–H and O–H groups in total. The van der Waals surface area contributed by atoms with Crippen molar-refractivity contribution in [2.24, 2.45) is 0 Å². The largest absolute Gasteiger partial charge is 0.379 e. The van der Waals surface area contributed by atoms with E-state index < -0.39 is 0 Å². The summed E-state index contributed by atoms with van der Waals surface area (Å²) < 4.78 is 10.6. The molecule has 2 saturated heterocycles. The molecule has 0 radical (unpaired) electrons. The zero-order chi connectivity index (χ0) is 19.6. The van der Waals surface area contributed by atoms with E-state index in [-0.39, 0.29) is 24.2 Å². The molecule has 1 aromatic rings. The smallest absolute Gasteiger partial charge is 0.251 e. The van der Waals surface area contributed by atoms with Gasteiger partial charge in [-0.2, -0.15) is 0 Å². The minimum absolute atomic E-state index is 0. The molecule has 1 aromatic carbocycles. The highest BCUT2D eigenvalue weighted by Gasteiger charge is 2.14. The van der Waals surface area contributed by atoms with Crippen molar-refractivity contribution in [3.05, 3.63) is 35.4 Å². The summed E-state index contributed by atoms with van der Waals surface area (Å²) in [6.45, 7) is 9.34. The molecule has 2 fully saturated rings. The van der Waals surface area contributed by atoms with Crippen molar-refractivity contribution in [2.75, 3.05) is 78.8 Å². The number of hydrogen-bond acceptors (Lipinski definition) is 6. The van der Waals surface area contributed by atoms with Crippen LogP contribution in [0.1, 0.15) is 20.7 Å². The van der Waals surface area contributed by atoms with Crippen molar-refractivity contribution in [1.29, 1.82) is 0 Å². The topological polar surface area (TPSA) is 83.1 Å². The number of morpholine rings is 2. The van der Waals surface area contributed by atoms with Gasteiger partial charge in [0.05, 0.1) is 26.4 Å². The SMILES string of the molecule is Cl.O=C(NCCN1CCOCC1)c1cccc(C(=O)NCCN2CCOCC2)c1. The van der Waals surface area contributed by atoms with Gasteiger partial charge in [0, 0.05) is 63.5 Å². The zero-order valence-electron chi connectivity index (χ0n) is 16.7. The number of nitrogens with zero attached hydrogens (tertiary/aromatic N) is 2. The number of amides is 2. The van der Waals surface area contributed by atoms with E-state index in [1.807, 2.05) is 0 Å². The lowest BCUT2D eigenvalue weighted by atomic mass is 10.1. The highest BCUT2D eigenvalue weighted by Crippen LogP contribution is 2.06. The zero-order valence-corrected chi connectivity index (χ0v) is 17.5. The van der Waals surface area contributed by atoms with Crippen LogP contribution in [0.25, 0.3) is 0 Å². The van der Waals surface area contributed by atoms with Crippen LogP contribution in [0, 0.1) is 0 Å². The molecule has 9 heteroatoms. The van der Waals surface area contributed by atoms with Gasteiger partial charge in [0.25, 0.3) is 11.8 Å². The number of ether oxygens (including phenoxy) is 2. The number of carbonyl (C=O) groups is 2. The fourth-order valence-electron chi connectivity index (χ4n) is 3.31. The molecule has 2 amide bonds. The average Bonchev–Trinajstić information content (AvgIpc) is 2.75. The molecule has 0 unspecified atom stereocenters. The summed E-state index contributed by atoms with van der Waals surface area (Å²) in [4.78, 5) is 29.3. The van der Waals surface area contributed by atoms with Gasteiger partial charge in [0.2, 0.25) is 0 Å². The molecular formula is C20H31ClN4O4. The normalized spacial score (nSPS) is 17.9. The Morgan fingerprint density at radius 2 is 1.21 bits per heavy atom. The van der Waals surface area contributed by atoms with Gasteiger partial charge in [-0.3, -0.25) is 19.4 Å². The quantitative estimate of drug-likeness (QED) is 0.619. The highest BCUT2D eigenvalue weighted by atomic mass is 35.5. The summed E-state index contributed by atoms with van der Waals surface area (Å²) >= 11 is 0. The van der Waals surface area contributed by atoms with Crippen molar-refractivity contribution < 1.29 is 19.1 Å². The summed E-state index contributed by atoms with van der Waals surface area (Å²) in [5.41, 5.74) is 1.01. The second-order valence-electron chi connectivity index (χ2n) is 7.00.